The van der Waals surface area contributed by atoms with Crippen molar-refractivity contribution in [2.24, 2.45) is 0 Å². The Morgan fingerprint density at radius 1 is 0.450 bits per heavy atom. The van der Waals surface area contributed by atoms with Crippen LogP contribution < -0.4 is 30.3 Å². The van der Waals surface area contributed by atoms with Crippen LogP contribution in [-0.2, 0) is 0 Å². The molecule has 0 fully saturated rings. The second-order valence-corrected chi connectivity index (χ2v) is 16.5. The number of hydrogen-bond acceptors (Lipinski definition) is 3. The highest BCUT2D eigenvalue weighted by Crippen LogP contribution is 2.47. The van der Waals surface area contributed by atoms with Gasteiger partial charge in [0.1, 0.15) is 0 Å². The van der Waals surface area contributed by atoms with Crippen molar-refractivity contribution in [3.05, 3.63) is 93.6 Å². The second-order valence-electron chi connectivity index (χ2n) is 12.5. The summed E-state index contributed by atoms with van der Waals surface area (Å²) in [7, 11) is 10.2. The molecule has 3 aromatic carbocycles. The number of hydrogen-bond donors (Lipinski definition) is 0. The third-order valence-corrected chi connectivity index (χ3v) is 14.8. The molecule has 4 heteroatoms. The molecule has 3 aromatic rings. The van der Waals surface area contributed by atoms with Gasteiger partial charge in [-0.15, -0.1) is 0 Å². The lowest BCUT2D eigenvalue weighted by Gasteiger charge is -2.42. The van der Waals surface area contributed by atoms with Gasteiger partial charge < -0.3 is 14.7 Å². The van der Waals surface area contributed by atoms with Crippen molar-refractivity contribution in [2.45, 2.75) is 54.0 Å². The molecule has 0 atom stereocenters. The topological polar surface area (TPSA) is 9.72 Å². The molecule has 40 heavy (non-hydrogen) atoms. The fraction of sp³-hybridized carbons (Fsp3) is 0.389. The zero-order chi connectivity index (χ0) is 29.7. The summed E-state index contributed by atoms with van der Waals surface area (Å²) in [5.41, 5.74) is 14.2. The molecule has 0 radical (unpaired) electrons. The van der Waals surface area contributed by atoms with Gasteiger partial charge >= 0.3 is 0 Å². The van der Waals surface area contributed by atoms with Crippen molar-refractivity contribution in [3.63, 3.8) is 0 Å². The standard InChI is InChI=1S/C36H49N3Si/c1-23-20-30(14-17-33(23)37(8)9)40(36-28(6)26(4)27(5)29(36)7,31-15-18-34(38(10)11)24(2)21-31)32-16-19-35(39(12)13)25(3)22-32/h14-22,36H,1-13H3. The largest absolute Gasteiger partial charge is 0.377 e. The van der Waals surface area contributed by atoms with Gasteiger partial charge in [0.15, 0.2) is 8.07 Å². The fourth-order valence-electron chi connectivity index (χ4n) is 7.21. The van der Waals surface area contributed by atoms with Crippen LogP contribution in [0, 0.1) is 20.8 Å². The third kappa shape index (κ3) is 4.70. The van der Waals surface area contributed by atoms with Gasteiger partial charge in [0, 0.05) is 64.9 Å². The van der Waals surface area contributed by atoms with Crippen LogP contribution in [0.15, 0.2) is 76.9 Å². The molecule has 1 aliphatic carbocycles. The van der Waals surface area contributed by atoms with E-state index in [0.717, 1.165) is 0 Å². The highest BCUT2D eigenvalue weighted by molar-refractivity contribution is 7.13. The normalized spacial score (nSPS) is 14.3. The van der Waals surface area contributed by atoms with Crippen LogP contribution in [0.1, 0.15) is 44.4 Å². The van der Waals surface area contributed by atoms with Crippen LogP contribution in [0.2, 0.25) is 5.54 Å². The molecule has 212 valence electrons. The van der Waals surface area contributed by atoms with Crippen LogP contribution in [0.25, 0.3) is 0 Å². The van der Waals surface area contributed by atoms with E-state index in [1.54, 1.807) is 0 Å². The summed E-state index contributed by atoms with van der Waals surface area (Å²) in [6, 6.07) is 21.9. The predicted octanol–water partition coefficient (Wildman–Crippen LogP) is 6.34. The molecular weight excluding hydrogens is 503 g/mol. The average Bonchev–Trinajstić information content (AvgIpc) is 3.07. The minimum Gasteiger partial charge on any atom is -0.377 e. The SMILES string of the molecule is CC1=C(C)C([Si](c2ccc(N(C)C)c(C)c2)(c2ccc(N(C)C)c(C)c2)c2ccc(N(C)C)c(C)c2)C(C)=C1C. The maximum Gasteiger partial charge on any atom is 0.159 e. The van der Waals surface area contributed by atoms with Crippen molar-refractivity contribution in [3.8, 4) is 0 Å². The minimum absolute atomic E-state index is 0.353. The van der Waals surface area contributed by atoms with Gasteiger partial charge in [0.2, 0.25) is 0 Å². The Balaban J connectivity index is 2.21. The van der Waals surface area contributed by atoms with Crippen molar-refractivity contribution in [1.82, 2.24) is 0 Å². The molecule has 0 aromatic heterocycles. The Hall–Kier alpha value is -3.24. The summed E-state index contributed by atoms with van der Waals surface area (Å²) in [5, 5.41) is 4.45. The average molecular weight is 552 g/mol. The van der Waals surface area contributed by atoms with Gasteiger partial charge in [0.25, 0.3) is 0 Å². The summed E-state index contributed by atoms with van der Waals surface area (Å²) in [6.45, 7) is 16.3. The first-order valence-corrected chi connectivity index (χ1v) is 16.5. The maximum atomic E-state index is 2.51. The first-order chi connectivity index (χ1) is 18.7. The van der Waals surface area contributed by atoms with Gasteiger partial charge in [-0.3, -0.25) is 0 Å². The minimum atomic E-state index is -2.64. The number of nitrogens with zero attached hydrogens (tertiary/aromatic N) is 3. The molecular formula is C36H49N3Si. The van der Waals surface area contributed by atoms with Gasteiger partial charge in [-0.25, -0.2) is 0 Å². The molecule has 1 aliphatic rings. The third-order valence-electron chi connectivity index (χ3n) is 9.45. The molecule has 0 aliphatic heterocycles. The van der Waals surface area contributed by atoms with Crippen LogP contribution in [0.3, 0.4) is 0 Å². The molecule has 0 amide bonds. The highest BCUT2D eigenvalue weighted by Gasteiger charge is 2.50. The summed E-state index contributed by atoms with van der Waals surface area (Å²) >= 11 is 0. The van der Waals surface area contributed by atoms with Crippen LogP contribution in [0.5, 0.6) is 0 Å². The Morgan fingerprint density at radius 2 is 0.725 bits per heavy atom. The van der Waals surface area contributed by atoms with E-state index in [1.807, 2.05) is 0 Å². The monoisotopic (exact) mass is 551 g/mol. The van der Waals surface area contributed by atoms with Gasteiger partial charge in [0.05, 0.1) is 0 Å². The molecule has 0 unspecified atom stereocenters. The van der Waals surface area contributed by atoms with E-state index >= 15 is 0 Å². The van der Waals surface area contributed by atoms with E-state index in [2.05, 4.69) is 160 Å². The van der Waals surface area contributed by atoms with Crippen LogP contribution in [-0.4, -0.2) is 50.4 Å². The number of rotatable bonds is 7. The van der Waals surface area contributed by atoms with Crippen molar-refractivity contribution < 1.29 is 0 Å². The van der Waals surface area contributed by atoms with E-state index < -0.39 is 8.07 Å². The summed E-state index contributed by atoms with van der Waals surface area (Å²) in [4.78, 5) is 6.69. The summed E-state index contributed by atoms with van der Waals surface area (Å²) in [5.74, 6) is 0. The Labute approximate surface area is 244 Å². The van der Waals surface area contributed by atoms with Crippen molar-refractivity contribution >= 4 is 40.7 Å². The van der Waals surface area contributed by atoms with Crippen molar-refractivity contribution in [1.29, 1.82) is 0 Å². The number of anilines is 3. The zero-order valence-electron chi connectivity index (χ0n) is 27.1. The van der Waals surface area contributed by atoms with Crippen LogP contribution in [0.4, 0.5) is 17.1 Å². The van der Waals surface area contributed by atoms with E-state index in [0.29, 0.717) is 5.54 Å². The molecule has 0 bridgehead atoms. The number of allylic oxidation sites excluding steroid dienone is 4. The Kier molecular flexibility index (Phi) is 8.15. The molecule has 4 rings (SSSR count). The molecule has 3 nitrogen and oxygen atoms in total. The maximum absolute atomic E-state index is 2.64. The summed E-state index contributed by atoms with van der Waals surface area (Å²) in [6.07, 6.45) is 0. The lowest BCUT2D eigenvalue weighted by Crippen LogP contribution is -2.70. The van der Waals surface area contributed by atoms with Crippen LogP contribution >= 0.6 is 0 Å². The number of aryl methyl sites for hydroxylation is 3. The lowest BCUT2D eigenvalue weighted by atomic mass is 10.1. The summed E-state index contributed by atoms with van der Waals surface area (Å²) < 4.78 is 0. The highest BCUT2D eigenvalue weighted by atomic mass is 28.3. The molecule has 0 saturated heterocycles. The van der Waals surface area contributed by atoms with E-state index in [1.165, 1.54) is 71.6 Å². The fourth-order valence-corrected chi connectivity index (χ4v) is 13.3. The zero-order valence-corrected chi connectivity index (χ0v) is 28.1. The smallest absolute Gasteiger partial charge is 0.159 e. The first kappa shape index (κ1) is 29.7. The van der Waals surface area contributed by atoms with Gasteiger partial charge in [-0.05, 0) is 110 Å². The molecule has 0 N–H and O–H groups in total. The van der Waals surface area contributed by atoms with Gasteiger partial charge in [-0.2, -0.15) is 0 Å². The predicted molar refractivity (Wildman–Crippen MR) is 182 cm³/mol. The quantitative estimate of drug-likeness (QED) is 0.251. The van der Waals surface area contributed by atoms with E-state index in [4.69, 9.17) is 0 Å². The molecule has 0 spiro atoms. The molecule has 0 saturated carbocycles. The Morgan fingerprint density at radius 3 is 0.950 bits per heavy atom. The van der Waals surface area contributed by atoms with E-state index in [9.17, 15) is 0 Å². The second kappa shape index (κ2) is 11.0. The van der Waals surface area contributed by atoms with E-state index in [-0.39, 0.29) is 0 Å². The Bertz CT molecular complexity index is 1340. The van der Waals surface area contributed by atoms with Crippen molar-refractivity contribution in [2.75, 3.05) is 57.0 Å². The number of benzene rings is 3. The first-order valence-electron chi connectivity index (χ1n) is 14.4. The molecule has 0 heterocycles. The lowest BCUT2D eigenvalue weighted by molar-refractivity contribution is 1.08. The van der Waals surface area contributed by atoms with Gasteiger partial charge in [-0.1, -0.05) is 47.5 Å².